The number of aliphatic hydroxyl groups excluding tert-OH is 2. The topological polar surface area (TPSA) is 69.6 Å². The van der Waals surface area contributed by atoms with Crippen LogP contribution in [0.25, 0.3) is 0 Å². The van der Waals surface area contributed by atoms with E-state index in [1.165, 1.54) is 51.4 Å². The van der Waals surface area contributed by atoms with Crippen molar-refractivity contribution in [3.63, 3.8) is 0 Å². The van der Waals surface area contributed by atoms with Gasteiger partial charge in [0.05, 0.1) is 18.8 Å². The molecule has 0 aliphatic carbocycles. The van der Waals surface area contributed by atoms with Gasteiger partial charge in [-0.3, -0.25) is 4.79 Å². The number of hydrogen-bond donors (Lipinski definition) is 3. The third kappa shape index (κ3) is 41.5. The molecule has 2 atom stereocenters. The second-order valence-electron chi connectivity index (χ2n) is 14.0. The quantitative estimate of drug-likeness (QED) is 0.0437. The fraction of sp³-hybridized carbons (Fsp3) is 0.549. The Morgan fingerprint density at radius 2 is 0.818 bits per heavy atom. The fourth-order valence-electron chi connectivity index (χ4n) is 5.55. The Morgan fingerprint density at radius 1 is 0.455 bits per heavy atom. The van der Waals surface area contributed by atoms with Gasteiger partial charge in [0, 0.05) is 6.42 Å². The molecule has 0 radical (unpaired) electrons. The Balaban J connectivity index is 3.83. The highest BCUT2D eigenvalue weighted by Crippen LogP contribution is 2.10. The molecule has 0 saturated heterocycles. The minimum Gasteiger partial charge on any atom is -0.394 e. The molecule has 0 aromatic heterocycles. The molecule has 0 saturated carbocycles. The van der Waals surface area contributed by atoms with Crippen LogP contribution < -0.4 is 5.32 Å². The van der Waals surface area contributed by atoms with Gasteiger partial charge < -0.3 is 15.5 Å². The van der Waals surface area contributed by atoms with E-state index in [0.29, 0.717) is 6.42 Å². The molecule has 3 N–H and O–H groups in total. The predicted octanol–water partition coefficient (Wildman–Crippen LogP) is 14.0. The third-order valence-corrected chi connectivity index (χ3v) is 8.87. The monoisotopic (exact) mass is 756 g/mol. The molecule has 0 aromatic carbocycles. The van der Waals surface area contributed by atoms with E-state index >= 15 is 0 Å². The summed E-state index contributed by atoms with van der Waals surface area (Å²) in [5.74, 6) is -0.139. The van der Waals surface area contributed by atoms with Gasteiger partial charge in [0.1, 0.15) is 0 Å². The lowest BCUT2D eigenvalue weighted by Gasteiger charge is -2.19. The molecule has 0 spiro atoms. The normalized spacial score (nSPS) is 14.3. The van der Waals surface area contributed by atoms with Gasteiger partial charge in [-0.15, -0.1) is 0 Å². The van der Waals surface area contributed by atoms with Crippen LogP contribution in [0.15, 0.2) is 134 Å². The molecule has 0 rings (SSSR count). The predicted molar refractivity (Wildman–Crippen MR) is 243 cm³/mol. The highest BCUT2D eigenvalue weighted by molar-refractivity contribution is 5.76. The second-order valence-corrected chi connectivity index (χ2v) is 14.0. The maximum atomic E-state index is 12.3. The van der Waals surface area contributed by atoms with Crippen molar-refractivity contribution in [1.82, 2.24) is 5.32 Å². The van der Waals surface area contributed by atoms with Gasteiger partial charge in [0.25, 0.3) is 0 Å². The van der Waals surface area contributed by atoms with Crippen LogP contribution in [0.4, 0.5) is 0 Å². The number of hydrogen-bond acceptors (Lipinski definition) is 3. The minimum absolute atomic E-state index is 0.139. The summed E-state index contributed by atoms with van der Waals surface area (Å²) in [5.41, 5.74) is 0. The summed E-state index contributed by atoms with van der Waals surface area (Å²) >= 11 is 0. The van der Waals surface area contributed by atoms with Gasteiger partial charge in [-0.25, -0.2) is 0 Å². The van der Waals surface area contributed by atoms with E-state index in [0.717, 1.165) is 89.9 Å². The summed E-state index contributed by atoms with van der Waals surface area (Å²) in [7, 11) is 0. The highest BCUT2D eigenvalue weighted by Gasteiger charge is 2.17. The number of nitrogens with one attached hydrogen (secondary N) is 1. The van der Waals surface area contributed by atoms with E-state index < -0.39 is 12.1 Å². The molecule has 0 aliphatic heterocycles. The molecular formula is C51H81NO3. The average Bonchev–Trinajstić information content (AvgIpc) is 3.19. The molecule has 0 aliphatic rings. The van der Waals surface area contributed by atoms with Crippen molar-refractivity contribution in [2.45, 2.75) is 174 Å². The first-order valence-electron chi connectivity index (χ1n) is 21.9. The molecule has 55 heavy (non-hydrogen) atoms. The van der Waals surface area contributed by atoms with Crippen molar-refractivity contribution < 1.29 is 15.0 Å². The van der Waals surface area contributed by atoms with Gasteiger partial charge in [-0.05, 0) is 96.3 Å². The third-order valence-electron chi connectivity index (χ3n) is 8.87. The number of carbonyl (C=O) groups is 1. The van der Waals surface area contributed by atoms with Crippen molar-refractivity contribution in [2.75, 3.05) is 6.61 Å². The molecule has 0 aromatic rings. The van der Waals surface area contributed by atoms with Crippen LogP contribution in [-0.2, 0) is 4.79 Å². The van der Waals surface area contributed by atoms with Crippen molar-refractivity contribution in [3.05, 3.63) is 134 Å². The molecule has 308 valence electrons. The zero-order valence-electron chi connectivity index (χ0n) is 35.1. The first-order chi connectivity index (χ1) is 27.2. The van der Waals surface area contributed by atoms with Crippen LogP contribution in [0.5, 0.6) is 0 Å². The van der Waals surface area contributed by atoms with Crippen molar-refractivity contribution in [3.8, 4) is 0 Å². The lowest BCUT2D eigenvalue weighted by Crippen LogP contribution is -2.45. The number of carbonyl (C=O) groups excluding carboxylic acids is 1. The number of aliphatic hydroxyl groups is 2. The largest absolute Gasteiger partial charge is 0.394 e. The van der Waals surface area contributed by atoms with E-state index in [1.807, 2.05) is 6.08 Å². The van der Waals surface area contributed by atoms with E-state index in [1.54, 1.807) is 6.08 Å². The smallest absolute Gasteiger partial charge is 0.220 e. The lowest BCUT2D eigenvalue weighted by molar-refractivity contribution is -0.122. The summed E-state index contributed by atoms with van der Waals surface area (Å²) in [6.07, 6.45) is 71.3. The molecule has 1 amide bonds. The number of unbranched alkanes of at least 4 members (excludes halogenated alkanes) is 10. The lowest BCUT2D eigenvalue weighted by atomic mass is 10.1. The van der Waals surface area contributed by atoms with Crippen LogP contribution in [-0.4, -0.2) is 34.9 Å². The number of allylic oxidation sites excluding steroid dienone is 21. The van der Waals surface area contributed by atoms with Crippen molar-refractivity contribution in [1.29, 1.82) is 0 Å². The molecule has 0 fully saturated rings. The van der Waals surface area contributed by atoms with E-state index in [9.17, 15) is 15.0 Å². The molecule has 4 heteroatoms. The Kier molecular flexibility index (Phi) is 42.1. The Hall–Kier alpha value is -3.47. The van der Waals surface area contributed by atoms with Gasteiger partial charge in [-0.1, -0.05) is 192 Å². The summed E-state index contributed by atoms with van der Waals surface area (Å²) in [4.78, 5) is 12.3. The maximum absolute atomic E-state index is 12.3. The van der Waals surface area contributed by atoms with Crippen LogP contribution in [0.3, 0.4) is 0 Å². The van der Waals surface area contributed by atoms with Crippen molar-refractivity contribution >= 4 is 5.91 Å². The Labute approximate surface area is 339 Å². The zero-order chi connectivity index (χ0) is 40.0. The average molecular weight is 756 g/mol. The Morgan fingerprint density at radius 3 is 1.27 bits per heavy atom. The van der Waals surface area contributed by atoms with E-state index in [-0.39, 0.29) is 12.5 Å². The maximum Gasteiger partial charge on any atom is 0.220 e. The summed E-state index contributed by atoms with van der Waals surface area (Å²) < 4.78 is 0. The summed E-state index contributed by atoms with van der Waals surface area (Å²) in [5, 5.41) is 22.9. The molecular weight excluding hydrogens is 675 g/mol. The number of rotatable bonds is 37. The van der Waals surface area contributed by atoms with Gasteiger partial charge in [0.15, 0.2) is 0 Å². The number of amides is 1. The standard InChI is InChI=1S/C51H81NO3/c1-3-5-7-9-11-13-15-17-19-20-21-22-23-24-25-26-27-28-29-30-31-32-33-35-37-39-41-43-45-47-51(55)52-49(48-53)50(54)46-44-42-40-38-36-34-18-16-14-12-10-8-6-4-2/h5,7,11,13,17,19,21-22,24-25,27-28,30-31,33,35-36,38-39,41,44,46,49-50,53-54H,3-4,6,8-10,12,14-16,18,20,23,26,29,32,34,37,40,42-43,45,47-48H2,1-2H3,(H,52,55)/b7-5-,13-11-,19-17-,22-21-,25-24-,28-27-,31-30-,35-33-,38-36+,41-39-,46-44+. The first-order valence-corrected chi connectivity index (χ1v) is 21.9. The molecule has 2 unspecified atom stereocenters. The summed E-state index contributed by atoms with van der Waals surface area (Å²) in [6.45, 7) is 4.13. The highest BCUT2D eigenvalue weighted by atomic mass is 16.3. The molecule has 4 nitrogen and oxygen atoms in total. The fourth-order valence-corrected chi connectivity index (χ4v) is 5.55. The molecule has 0 bridgehead atoms. The SMILES string of the molecule is CC/C=C\C/C=C\C/C=C\C/C=C\C/C=C\C/C=C\C/C=C\C/C=C\C/C=C\CCCC(=O)NC(CO)C(O)/C=C/CC/C=C/CCCCCCCCCC. The van der Waals surface area contributed by atoms with Crippen LogP contribution >= 0.6 is 0 Å². The zero-order valence-corrected chi connectivity index (χ0v) is 35.1. The van der Waals surface area contributed by atoms with Gasteiger partial charge in [-0.2, -0.15) is 0 Å². The summed E-state index contributed by atoms with van der Waals surface area (Å²) in [6, 6.07) is -0.679. The minimum atomic E-state index is -0.895. The van der Waals surface area contributed by atoms with Crippen LogP contribution in [0, 0.1) is 0 Å². The Bertz CT molecular complexity index is 1180. The second kappa shape index (κ2) is 44.9. The van der Waals surface area contributed by atoms with E-state index in [2.05, 4.69) is 141 Å². The van der Waals surface area contributed by atoms with Gasteiger partial charge in [0.2, 0.25) is 5.91 Å². The van der Waals surface area contributed by atoms with E-state index in [4.69, 9.17) is 0 Å². The molecule has 0 heterocycles. The first kappa shape index (κ1) is 51.5. The van der Waals surface area contributed by atoms with Crippen LogP contribution in [0.2, 0.25) is 0 Å². The van der Waals surface area contributed by atoms with Crippen molar-refractivity contribution in [2.24, 2.45) is 0 Å². The van der Waals surface area contributed by atoms with Gasteiger partial charge >= 0.3 is 0 Å². The van der Waals surface area contributed by atoms with Crippen LogP contribution in [0.1, 0.15) is 162 Å².